The number of nitro groups is 1. The Morgan fingerprint density at radius 2 is 2.11 bits per heavy atom. The first-order valence-electron chi connectivity index (χ1n) is 5.55. The molecule has 1 saturated heterocycles. The van der Waals surface area contributed by atoms with Gasteiger partial charge in [-0.3, -0.25) is 10.1 Å². The van der Waals surface area contributed by atoms with Gasteiger partial charge in [-0.05, 0) is 15.9 Å². The normalized spacial score (nSPS) is 16.5. The van der Waals surface area contributed by atoms with E-state index in [0.29, 0.717) is 23.4 Å². The Morgan fingerprint density at radius 3 is 2.72 bits per heavy atom. The van der Waals surface area contributed by atoms with E-state index in [1.165, 1.54) is 12.1 Å². The van der Waals surface area contributed by atoms with E-state index in [9.17, 15) is 10.1 Å². The van der Waals surface area contributed by atoms with E-state index in [0.717, 1.165) is 12.8 Å². The molecule has 0 unspecified atom stereocenters. The molecule has 1 aliphatic heterocycles. The van der Waals surface area contributed by atoms with Crippen molar-refractivity contribution in [2.24, 2.45) is 0 Å². The van der Waals surface area contributed by atoms with Gasteiger partial charge < -0.3 is 15.2 Å². The van der Waals surface area contributed by atoms with Crippen LogP contribution in [0.25, 0.3) is 0 Å². The number of nitrogen functional groups attached to an aromatic ring is 1. The molecule has 0 atom stereocenters. The molecule has 1 aromatic rings. The number of benzene rings is 1. The zero-order chi connectivity index (χ0) is 13.1. The van der Waals surface area contributed by atoms with Crippen LogP contribution in [0, 0.1) is 10.1 Å². The van der Waals surface area contributed by atoms with Crippen LogP contribution in [0.1, 0.15) is 12.8 Å². The van der Waals surface area contributed by atoms with Gasteiger partial charge in [-0.15, -0.1) is 0 Å². The van der Waals surface area contributed by atoms with Gasteiger partial charge in [0.25, 0.3) is 5.69 Å². The number of hydrogen-bond acceptors (Lipinski definition) is 5. The van der Waals surface area contributed by atoms with Crippen molar-refractivity contribution in [2.45, 2.75) is 18.9 Å². The third-order valence-corrected chi connectivity index (χ3v) is 3.36. The number of ether oxygens (including phenoxy) is 2. The Labute approximate surface area is 112 Å². The van der Waals surface area contributed by atoms with Crippen LogP contribution in [0.5, 0.6) is 5.75 Å². The molecule has 2 N–H and O–H groups in total. The Morgan fingerprint density at radius 1 is 1.44 bits per heavy atom. The van der Waals surface area contributed by atoms with E-state index >= 15 is 0 Å². The summed E-state index contributed by atoms with van der Waals surface area (Å²) in [6, 6.07) is 2.85. The van der Waals surface area contributed by atoms with Crippen molar-refractivity contribution in [1.82, 2.24) is 0 Å². The monoisotopic (exact) mass is 316 g/mol. The molecule has 1 aromatic carbocycles. The van der Waals surface area contributed by atoms with Gasteiger partial charge in [-0.1, -0.05) is 0 Å². The van der Waals surface area contributed by atoms with Gasteiger partial charge in [0.2, 0.25) is 0 Å². The molecule has 0 aromatic heterocycles. The maximum Gasteiger partial charge on any atom is 0.293 e. The molecule has 0 radical (unpaired) electrons. The van der Waals surface area contributed by atoms with Crippen LogP contribution in [0.15, 0.2) is 16.6 Å². The summed E-state index contributed by atoms with van der Waals surface area (Å²) >= 11 is 3.26. The van der Waals surface area contributed by atoms with E-state index in [1.54, 1.807) is 0 Å². The van der Waals surface area contributed by atoms with Crippen molar-refractivity contribution in [3.63, 3.8) is 0 Å². The van der Waals surface area contributed by atoms with Crippen molar-refractivity contribution in [3.8, 4) is 5.75 Å². The molecular weight excluding hydrogens is 304 g/mol. The van der Waals surface area contributed by atoms with Crippen LogP contribution in [-0.4, -0.2) is 24.2 Å². The lowest BCUT2D eigenvalue weighted by Gasteiger charge is -2.23. The highest BCUT2D eigenvalue weighted by Crippen LogP contribution is 2.35. The lowest BCUT2D eigenvalue weighted by atomic mass is 10.1. The average molecular weight is 317 g/mol. The first kappa shape index (κ1) is 13.1. The van der Waals surface area contributed by atoms with Gasteiger partial charge >= 0.3 is 0 Å². The summed E-state index contributed by atoms with van der Waals surface area (Å²) in [6.45, 7) is 1.34. The fraction of sp³-hybridized carbons (Fsp3) is 0.455. The van der Waals surface area contributed by atoms with Crippen molar-refractivity contribution < 1.29 is 14.4 Å². The zero-order valence-corrected chi connectivity index (χ0v) is 11.2. The lowest BCUT2D eigenvalue weighted by molar-refractivity contribution is -0.384. The Balaban J connectivity index is 2.18. The number of nitrogens with zero attached hydrogens (tertiary/aromatic N) is 1. The van der Waals surface area contributed by atoms with Gasteiger partial charge in [0, 0.05) is 25.0 Å². The molecule has 1 heterocycles. The van der Waals surface area contributed by atoms with Crippen molar-refractivity contribution in [1.29, 1.82) is 0 Å². The first-order chi connectivity index (χ1) is 8.58. The van der Waals surface area contributed by atoms with Gasteiger partial charge in [0.1, 0.15) is 17.5 Å². The third kappa shape index (κ3) is 2.91. The van der Waals surface area contributed by atoms with Gasteiger partial charge in [-0.2, -0.15) is 0 Å². The van der Waals surface area contributed by atoms with Crippen molar-refractivity contribution >= 4 is 27.3 Å². The molecule has 7 heteroatoms. The van der Waals surface area contributed by atoms with Crippen LogP contribution >= 0.6 is 15.9 Å². The number of anilines is 1. The smallest absolute Gasteiger partial charge is 0.293 e. The van der Waals surface area contributed by atoms with E-state index in [-0.39, 0.29) is 17.5 Å². The van der Waals surface area contributed by atoms with E-state index in [4.69, 9.17) is 15.2 Å². The highest BCUT2D eigenvalue weighted by Gasteiger charge is 2.20. The van der Waals surface area contributed by atoms with Crippen LogP contribution in [0.2, 0.25) is 0 Å². The third-order valence-electron chi connectivity index (χ3n) is 2.74. The Kier molecular flexibility index (Phi) is 4.03. The van der Waals surface area contributed by atoms with E-state index in [2.05, 4.69) is 15.9 Å². The van der Waals surface area contributed by atoms with Gasteiger partial charge in [-0.25, -0.2) is 0 Å². The number of hydrogen-bond donors (Lipinski definition) is 1. The minimum Gasteiger partial charge on any atom is -0.489 e. The topological polar surface area (TPSA) is 87.6 Å². The molecule has 0 amide bonds. The van der Waals surface area contributed by atoms with Crippen molar-refractivity contribution in [3.05, 3.63) is 26.7 Å². The summed E-state index contributed by atoms with van der Waals surface area (Å²) < 4.78 is 11.5. The average Bonchev–Trinajstić information content (AvgIpc) is 2.34. The molecular formula is C11H13BrN2O4. The number of halogens is 1. The summed E-state index contributed by atoms with van der Waals surface area (Å²) in [6.07, 6.45) is 1.68. The highest BCUT2D eigenvalue weighted by atomic mass is 79.9. The fourth-order valence-corrected chi connectivity index (χ4v) is 2.21. The van der Waals surface area contributed by atoms with Gasteiger partial charge in [0.15, 0.2) is 0 Å². The quantitative estimate of drug-likeness (QED) is 0.526. The predicted octanol–water partition coefficient (Wildman–Crippen LogP) is 2.50. The molecule has 6 nitrogen and oxygen atoms in total. The standard InChI is InChI=1S/C11H13BrN2O4/c12-8-5-10(14(15)16)9(13)6-11(8)18-7-1-3-17-4-2-7/h5-7H,1-4,13H2. The number of nitro benzene ring substituents is 1. The molecule has 98 valence electrons. The number of rotatable bonds is 3. The lowest BCUT2D eigenvalue weighted by Crippen LogP contribution is -2.26. The minimum absolute atomic E-state index is 0.0657. The van der Waals surface area contributed by atoms with Crippen LogP contribution in [-0.2, 0) is 4.74 Å². The summed E-state index contributed by atoms with van der Waals surface area (Å²) in [4.78, 5) is 10.2. The maximum absolute atomic E-state index is 10.7. The Hall–Kier alpha value is -1.34. The summed E-state index contributed by atoms with van der Waals surface area (Å²) in [7, 11) is 0. The molecule has 2 rings (SSSR count). The van der Waals surface area contributed by atoms with Crippen LogP contribution in [0.3, 0.4) is 0 Å². The molecule has 0 aliphatic carbocycles. The van der Waals surface area contributed by atoms with Crippen LogP contribution in [0.4, 0.5) is 11.4 Å². The molecule has 0 saturated carbocycles. The Bertz CT molecular complexity index is 461. The molecule has 0 spiro atoms. The summed E-state index contributed by atoms with van der Waals surface area (Å²) in [5.41, 5.74) is 5.61. The second-order valence-electron chi connectivity index (χ2n) is 4.03. The molecule has 1 fully saturated rings. The second-order valence-corrected chi connectivity index (χ2v) is 4.88. The number of nitrogens with two attached hydrogens (primary N) is 1. The van der Waals surface area contributed by atoms with Gasteiger partial charge in [0.05, 0.1) is 22.6 Å². The zero-order valence-electron chi connectivity index (χ0n) is 9.60. The maximum atomic E-state index is 10.7. The largest absolute Gasteiger partial charge is 0.489 e. The SMILES string of the molecule is Nc1cc(OC2CCOCC2)c(Br)cc1[N+](=O)[O-]. The molecule has 0 bridgehead atoms. The fourth-order valence-electron chi connectivity index (χ4n) is 1.78. The first-order valence-corrected chi connectivity index (χ1v) is 6.35. The summed E-state index contributed by atoms with van der Waals surface area (Å²) in [5.74, 6) is 0.532. The molecule has 1 aliphatic rings. The van der Waals surface area contributed by atoms with E-state index < -0.39 is 4.92 Å². The van der Waals surface area contributed by atoms with Crippen LogP contribution < -0.4 is 10.5 Å². The van der Waals surface area contributed by atoms with E-state index in [1.807, 2.05) is 0 Å². The second kappa shape index (κ2) is 5.53. The predicted molar refractivity (Wildman–Crippen MR) is 69.7 cm³/mol. The highest BCUT2D eigenvalue weighted by molar-refractivity contribution is 9.10. The summed E-state index contributed by atoms with van der Waals surface area (Å²) in [5, 5.41) is 10.7. The minimum atomic E-state index is -0.516. The molecule has 18 heavy (non-hydrogen) atoms. The van der Waals surface area contributed by atoms with Crippen molar-refractivity contribution in [2.75, 3.05) is 18.9 Å².